The van der Waals surface area contributed by atoms with E-state index in [-0.39, 0.29) is 0 Å². The van der Waals surface area contributed by atoms with Crippen molar-refractivity contribution in [3.05, 3.63) is 59.7 Å². The third kappa shape index (κ3) is 6.54. The number of carboxylic acids is 1. The first-order valence-corrected chi connectivity index (χ1v) is 9.43. The number of allylic oxidation sites excluding steroid dienone is 1. The van der Waals surface area contributed by atoms with Crippen molar-refractivity contribution in [2.45, 2.75) is 26.4 Å². The first-order valence-electron chi connectivity index (χ1n) is 9.43. The zero-order valence-electron chi connectivity index (χ0n) is 17.3. The van der Waals surface area contributed by atoms with Crippen molar-refractivity contribution >= 4 is 11.5 Å². The normalized spacial score (nSPS) is 12.3. The monoisotopic (exact) mass is 400 g/mol. The van der Waals surface area contributed by atoms with Gasteiger partial charge < -0.3 is 24.1 Å². The maximum absolute atomic E-state index is 11.2. The lowest BCUT2D eigenvalue weighted by atomic mass is 10.1. The predicted octanol–water partition coefficient (Wildman–Crippen LogP) is 4.22. The Balaban J connectivity index is 1.95. The minimum Gasteiger partial charge on any atom is -0.493 e. The quantitative estimate of drug-likeness (QED) is 0.609. The van der Waals surface area contributed by atoms with Crippen molar-refractivity contribution in [1.82, 2.24) is 0 Å². The molecule has 29 heavy (non-hydrogen) atoms. The highest BCUT2D eigenvalue weighted by Gasteiger charge is 2.17. The summed E-state index contributed by atoms with van der Waals surface area (Å²) in [5.41, 5.74) is 2.97. The highest BCUT2D eigenvalue weighted by Crippen LogP contribution is 2.30. The lowest BCUT2D eigenvalue weighted by Gasteiger charge is -2.13. The van der Waals surface area contributed by atoms with Crippen LogP contribution >= 0.6 is 0 Å². The molecule has 1 N–H and O–H groups in total. The molecule has 0 aliphatic rings. The highest BCUT2D eigenvalue weighted by atomic mass is 16.5. The van der Waals surface area contributed by atoms with Gasteiger partial charge >= 0.3 is 5.97 Å². The SMILES string of the molecule is CCOC(Cc1ccc(OCC=C(C)c2ccc(OC)c(OC)c2)cc1)C(=O)O. The smallest absolute Gasteiger partial charge is 0.333 e. The van der Waals surface area contributed by atoms with Crippen LogP contribution in [0, 0.1) is 0 Å². The molecule has 0 amide bonds. The van der Waals surface area contributed by atoms with Crippen LogP contribution in [0.2, 0.25) is 0 Å². The Kier molecular flexibility index (Phi) is 8.55. The van der Waals surface area contributed by atoms with Crippen molar-refractivity contribution in [2.75, 3.05) is 27.4 Å². The summed E-state index contributed by atoms with van der Waals surface area (Å²) in [4.78, 5) is 11.2. The number of aliphatic carboxylic acids is 1. The Labute approximate surface area is 171 Å². The molecule has 156 valence electrons. The van der Waals surface area contributed by atoms with E-state index in [0.29, 0.717) is 36.9 Å². The summed E-state index contributed by atoms with van der Waals surface area (Å²) < 4.78 is 21.6. The van der Waals surface area contributed by atoms with Gasteiger partial charge in [0, 0.05) is 13.0 Å². The predicted molar refractivity (Wildman–Crippen MR) is 112 cm³/mol. The molecule has 0 aromatic heterocycles. The van der Waals surface area contributed by atoms with E-state index in [2.05, 4.69) is 0 Å². The fourth-order valence-corrected chi connectivity index (χ4v) is 2.82. The molecule has 1 unspecified atom stereocenters. The van der Waals surface area contributed by atoms with Crippen molar-refractivity contribution < 1.29 is 28.8 Å². The van der Waals surface area contributed by atoms with Gasteiger partial charge in [-0.1, -0.05) is 18.2 Å². The van der Waals surface area contributed by atoms with Gasteiger partial charge in [-0.15, -0.1) is 0 Å². The average molecular weight is 400 g/mol. The van der Waals surface area contributed by atoms with E-state index in [1.165, 1.54) is 0 Å². The maximum atomic E-state index is 11.2. The Morgan fingerprint density at radius 3 is 2.34 bits per heavy atom. The minimum atomic E-state index is -0.956. The Morgan fingerprint density at radius 1 is 1.07 bits per heavy atom. The average Bonchev–Trinajstić information content (AvgIpc) is 2.73. The summed E-state index contributed by atoms with van der Waals surface area (Å²) in [6.07, 6.45) is 1.48. The van der Waals surface area contributed by atoms with Gasteiger partial charge in [0.05, 0.1) is 14.2 Å². The molecular formula is C23H28O6. The van der Waals surface area contributed by atoms with Crippen LogP contribution in [0.15, 0.2) is 48.5 Å². The van der Waals surface area contributed by atoms with Crippen LogP contribution in [-0.2, 0) is 16.0 Å². The molecule has 0 fully saturated rings. The molecule has 0 heterocycles. The van der Waals surface area contributed by atoms with Crippen molar-refractivity contribution in [1.29, 1.82) is 0 Å². The highest BCUT2D eigenvalue weighted by molar-refractivity contribution is 5.72. The summed E-state index contributed by atoms with van der Waals surface area (Å²) in [6.45, 7) is 4.57. The molecular weight excluding hydrogens is 372 g/mol. The summed E-state index contributed by atoms with van der Waals surface area (Å²) in [7, 11) is 3.22. The topological polar surface area (TPSA) is 74.2 Å². The van der Waals surface area contributed by atoms with E-state index in [0.717, 1.165) is 16.7 Å². The van der Waals surface area contributed by atoms with Crippen LogP contribution in [0.5, 0.6) is 17.2 Å². The lowest BCUT2D eigenvalue weighted by molar-refractivity contribution is -0.149. The van der Waals surface area contributed by atoms with Crippen molar-refractivity contribution in [2.24, 2.45) is 0 Å². The first-order chi connectivity index (χ1) is 14.0. The number of benzene rings is 2. The van der Waals surface area contributed by atoms with Gasteiger partial charge in [0.25, 0.3) is 0 Å². The van der Waals surface area contributed by atoms with E-state index >= 15 is 0 Å². The second kappa shape index (κ2) is 11.1. The zero-order chi connectivity index (χ0) is 21.2. The lowest BCUT2D eigenvalue weighted by Crippen LogP contribution is -2.26. The van der Waals surface area contributed by atoms with Gasteiger partial charge in [0.15, 0.2) is 17.6 Å². The van der Waals surface area contributed by atoms with Crippen molar-refractivity contribution in [3.8, 4) is 17.2 Å². The molecule has 0 aliphatic heterocycles. The zero-order valence-corrected chi connectivity index (χ0v) is 17.3. The van der Waals surface area contributed by atoms with Crippen LogP contribution in [0.1, 0.15) is 25.0 Å². The number of methoxy groups -OCH3 is 2. The maximum Gasteiger partial charge on any atom is 0.333 e. The molecule has 2 aromatic carbocycles. The van der Waals surface area contributed by atoms with Gasteiger partial charge in [0.1, 0.15) is 12.4 Å². The number of hydrogen-bond acceptors (Lipinski definition) is 5. The summed E-state index contributed by atoms with van der Waals surface area (Å²) in [5.74, 6) is 1.13. The molecule has 1 atom stereocenters. The van der Waals surface area contributed by atoms with Crippen molar-refractivity contribution in [3.63, 3.8) is 0 Å². The molecule has 6 heteroatoms. The van der Waals surface area contributed by atoms with E-state index in [9.17, 15) is 9.90 Å². The number of carboxylic acid groups (broad SMARTS) is 1. The van der Waals surface area contributed by atoms with Gasteiger partial charge in [-0.05, 0) is 60.9 Å². The van der Waals surface area contributed by atoms with Gasteiger partial charge in [-0.25, -0.2) is 4.79 Å². The molecule has 2 aromatic rings. The standard InChI is InChI=1S/C23H28O6/c1-5-28-22(23(24)25)14-17-6-9-19(10-7-17)29-13-12-16(2)18-8-11-20(26-3)21(15-18)27-4/h6-12,15,22H,5,13-14H2,1-4H3,(H,24,25). The Morgan fingerprint density at radius 2 is 1.76 bits per heavy atom. The van der Waals surface area contributed by atoms with Crippen LogP contribution in [0.25, 0.3) is 5.57 Å². The van der Waals surface area contributed by atoms with Gasteiger partial charge in [-0.3, -0.25) is 0 Å². The molecule has 0 saturated heterocycles. The number of ether oxygens (including phenoxy) is 4. The van der Waals surface area contributed by atoms with Gasteiger partial charge in [-0.2, -0.15) is 0 Å². The fraction of sp³-hybridized carbons (Fsp3) is 0.348. The number of hydrogen-bond donors (Lipinski definition) is 1. The molecule has 0 bridgehead atoms. The summed E-state index contributed by atoms with van der Waals surface area (Å²) >= 11 is 0. The largest absolute Gasteiger partial charge is 0.493 e. The second-order valence-electron chi connectivity index (χ2n) is 6.40. The molecule has 0 radical (unpaired) electrons. The number of rotatable bonds is 11. The summed E-state index contributed by atoms with van der Waals surface area (Å²) in [5, 5.41) is 9.17. The third-order valence-corrected chi connectivity index (χ3v) is 4.47. The van der Waals surface area contributed by atoms with E-state index in [1.807, 2.05) is 55.5 Å². The summed E-state index contributed by atoms with van der Waals surface area (Å²) in [6, 6.07) is 13.2. The molecule has 0 saturated carbocycles. The van der Waals surface area contributed by atoms with Crippen LogP contribution in [-0.4, -0.2) is 44.6 Å². The Hall–Kier alpha value is -2.99. The second-order valence-corrected chi connectivity index (χ2v) is 6.40. The third-order valence-electron chi connectivity index (χ3n) is 4.47. The molecule has 0 aliphatic carbocycles. The molecule has 0 spiro atoms. The molecule has 2 rings (SSSR count). The molecule has 6 nitrogen and oxygen atoms in total. The van der Waals surface area contributed by atoms with E-state index in [1.54, 1.807) is 21.1 Å². The van der Waals surface area contributed by atoms with Crippen LogP contribution in [0.3, 0.4) is 0 Å². The first kappa shape index (κ1) is 22.3. The van der Waals surface area contributed by atoms with Crippen LogP contribution in [0.4, 0.5) is 0 Å². The van der Waals surface area contributed by atoms with E-state index < -0.39 is 12.1 Å². The minimum absolute atomic E-state index is 0.321. The van der Waals surface area contributed by atoms with Gasteiger partial charge in [0.2, 0.25) is 0 Å². The number of carbonyl (C=O) groups is 1. The Bertz CT molecular complexity index is 826. The fourth-order valence-electron chi connectivity index (χ4n) is 2.82. The van der Waals surface area contributed by atoms with Crippen LogP contribution < -0.4 is 14.2 Å². The van der Waals surface area contributed by atoms with E-state index in [4.69, 9.17) is 18.9 Å².